The van der Waals surface area contributed by atoms with Crippen LogP contribution in [0.3, 0.4) is 0 Å². The van der Waals surface area contributed by atoms with E-state index in [4.69, 9.17) is 5.11 Å². The predicted octanol–water partition coefficient (Wildman–Crippen LogP) is 1.33. The molecular formula is C9H17NO2. The summed E-state index contributed by atoms with van der Waals surface area (Å²) in [6.45, 7) is 5.32. The molecular weight excluding hydrogens is 154 g/mol. The van der Waals surface area contributed by atoms with Gasteiger partial charge in [0.2, 0.25) is 0 Å². The minimum atomic E-state index is -0.674. The predicted molar refractivity (Wildman–Crippen MR) is 47.1 cm³/mol. The number of aliphatic carboxylic acids is 1. The molecule has 0 aliphatic carbocycles. The summed E-state index contributed by atoms with van der Waals surface area (Å²) < 4.78 is 0. The first kappa shape index (κ1) is 9.52. The summed E-state index contributed by atoms with van der Waals surface area (Å²) in [5, 5.41) is 8.65. The van der Waals surface area contributed by atoms with E-state index in [9.17, 15) is 4.79 Å². The molecule has 1 heterocycles. The van der Waals surface area contributed by atoms with Crippen LogP contribution in [0.1, 0.15) is 33.1 Å². The number of likely N-dealkylation sites (tertiary alicyclic amines) is 1. The van der Waals surface area contributed by atoms with E-state index in [0.717, 1.165) is 19.4 Å². The van der Waals surface area contributed by atoms with Crippen LogP contribution in [0.4, 0.5) is 0 Å². The van der Waals surface area contributed by atoms with Crippen LogP contribution in [0.25, 0.3) is 0 Å². The minimum Gasteiger partial charge on any atom is -0.481 e. The zero-order valence-electron chi connectivity index (χ0n) is 7.79. The molecule has 1 rings (SSSR count). The Bertz CT molecular complexity index is 168. The van der Waals surface area contributed by atoms with Crippen molar-refractivity contribution in [3.05, 3.63) is 0 Å². The second-order valence-electron chi connectivity index (χ2n) is 3.73. The molecule has 0 saturated carbocycles. The molecule has 0 aromatic heterocycles. The van der Waals surface area contributed by atoms with E-state index in [2.05, 4.69) is 18.7 Å². The van der Waals surface area contributed by atoms with Gasteiger partial charge in [0.25, 0.3) is 0 Å². The first-order valence-corrected chi connectivity index (χ1v) is 4.59. The van der Waals surface area contributed by atoms with Crippen molar-refractivity contribution in [1.82, 2.24) is 4.90 Å². The number of carboxylic acid groups (broad SMARTS) is 1. The molecule has 3 nitrogen and oxygen atoms in total. The molecule has 0 amide bonds. The molecule has 3 heteroatoms. The van der Waals surface area contributed by atoms with E-state index in [1.54, 1.807) is 0 Å². The van der Waals surface area contributed by atoms with Crippen molar-refractivity contribution in [1.29, 1.82) is 0 Å². The molecule has 70 valence electrons. The van der Waals surface area contributed by atoms with E-state index in [-0.39, 0.29) is 6.04 Å². The van der Waals surface area contributed by atoms with Crippen molar-refractivity contribution in [3.63, 3.8) is 0 Å². The van der Waals surface area contributed by atoms with E-state index >= 15 is 0 Å². The van der Waals surface area contributed by atoms with Crippen LogP contribution in [0, 0.1) is 0 Å². The quantitative estimate of drug-likeness (QED) is 0.696. The summed E-state index contributed by atoms with van der Waals surface area (Å²) in [4.78, 5) is 12.8. The van der Waals surface area contributed by atoms with E-state index < -0.39 is 5.97 Å². The SMILES string of the molecule is CC(C)N1CCCC1CC(=O)O. The van der Waals surface area contributed by atoms with Crippen LogP contribution in [-0.4, -0.2) is 34.6 Å². The third-order valence-electron chi connectivity index (χ3n) is 2.50. The average molecular weight is 171 g/mol. The summed E-state index contributed by atoms with van der Waals surface area (Å²) in [5.41, 5.74) is 0. The summed E-state index contributed by atoms with van der Waals surface area (Å²) in [6.07, 6.45) is 2.50. The molecule has 0 aromatic rings. The van der Waals surface area contributed by atoms with Gasteiger partial charge < -0.3 is 5.11 Å². The van der Waals surface area contributed by atoms with Crippen molar-refractivity contribution in [3.8, 4) is 0 Å². The maximum absolute atomic E-state index is 10.5. The number of hydrogen-bond donors (Lipinski definition) is 1. The fourth-order valence-electron chi connectivity index (χ4n) is 1.96. The second kappa shape index (κ2) is 3.90. The van der Waals surface area contributed by atoms with Crippen LogP contribution in [-0.2, 0) is 4.79 Å². The van der Waals surface area contributed by atoms with Crippen molar-refractivity contribution in [2.24, 2.45) is 0 Å². The van der Waals surface area contributed by atoms with Gasteiger partial charge in [-0.1, -0.05) is 0 Å². The van der Waals surface area contributed by atoms with Gasteiger partial charge in [-0.25, -0.2) is 0 Å². The number of rotatable bonds is 3. The Balaban J connectivity index is 2.46. The Morgan fingerprint density at radius 3 is 2.83 bits per heavy atom. The molecule has 0 radical (unpaired) electrons. The van der Waals surface area contributed by atoms with E-state index in [1.165, 1.54) is 0 Å². The Morgan fingerprint density at radius 1 is 1.67 bits per heavy atom. The van der Waals surface area contributed by atoms with Crippen molar-refractivity contribution < 1.29 is 9.90 Å². The highest BCUT2D eigenvalue weighted by Crippen LogP contribution is 2.22. The Kier molecular flexibility index (Phi) is 3.09. The Hall–Kier alpha value is -0.570. The van der Waals surface area contributed by atoms with Crippen molar-refractivity contribution in [2.45, 2.75) is 45.2 Å². The topological polar surface area (TPSA) is 40.5 Å². The molecule has 1 fully saturated rings. The van der Waals surface area contributed by atoms with Gasteiger partial charge in [0.05, 0.1) is 6.42 Å². The maximum Gasteiger partial charge on any atom is 0.304 e. The smallest absolute Gasteiger partial charge is 0.304 e. The largest absolute Gasteiger partial charge is 0.481 e. The highest BCUT2D eigenvalue weighted by atomic mass is 16.4. The molecule has 1 aliphatic rings. The second-order valence-corrected chi connectivity index (χ2v) is 3.73. The zero-order valence-corrected chi connectivity index (χ0v) is 7.79. The van der Waals surface area contributed by atoms with E-state index in [0.29, 0.717) is 12.5 Å². The average Bonchev–Trinajstić information content (AvgIpc) is 2.33. The van der Waals surface area contributed by atoms with Crippen LogP contribution in [0.5, 0.6) is 0 Å². The van der Waals surface area contributed by atoms with Gasteiger partial charge in [-0.2, -0.15) is 0 Å². The van der Waals surface area contributed by atoms with Crippen LogP contribution in [0.2, 0.25) is 0 Å². The van der Waals surface area contributed by atoms with Crippen molar-refractivity contribution in [2.75, 3.05) is 6.54 Å². The first-order chi connectivity index (χ1) is 5.61. The highest BCUT2D eigenvalue weighted by Gasteiger charge is 2.27. The molecule has 0 bridgehead atoms. The monoisotopic (exact) mass is 171 g/mol. The molecule has 1 aliphatic heterocycles. The lowest BCUT2D eigenvalue weighted by Gasteiger charge is -2.26. The fourth-order valence-corrected chi connectivity index (χ4v) is 1.96. The van der Waals surface area contributed by atoms with Crippen LogP contribution < -0.4 is 0 Å². The standard InChI is InChI=1S/C9H17NO2/c1-7(2)10-5-3-4-8(10)6-9(11)12/h7-8H,3-6H2,1-2H3,(H,11,12). The molecule has 1 N–H and O–H groups in total. The lowest BCUT2D eigenvalue weighted by molar-refractivity contribution is -0.138. The Labute approximate surface area is 73.4 Å². The molecule has 1 atom stereocenters. The lowest BCUT2D eigenvalue weighted by Crippen LogP contribution is -2.36. The van der Waals surface area contributed by atoms with Gasteiger partial charge >= 0.3 is 5.97 Å². The summed E-state index contributed by atoms with van der Waals surface area (Å²) in [6, 6.07) is 0.763. The third-order valence-corrected chi connectivity index (χ3v) is 2.50. The minimum absolute atomic E-state index is 0.280. The van der Waals surface area contributed by atoms with Gasteiger partial charge in [0, 0.05) is 12.1 Å². The number of nitrogens with zero attached hydrogens (tertiary/aromatic N) is 1. The van der Waals surface area contributed by atoms with Gasteiger partial charge in [0.15, 0.2) is 0 Å². The van der Waals surface area contributed by atoms with Crippen LogP contribution in [0.15, 0.2) is 0 Å². The zero-order chi connectivity index (χ0) is 9.14. The number of hydrogen-bond acceptors (Lipinski definition) is 2. The molecule has 1 saturated heterocycles. The third kappa shape index (κ3) is 2.21. The van der Waals surface area contributed by atoms with Gasteiger partial charge in [-0.05, 0) is 33.2 Å². The maximum atomic E-state index is 10.5. The first-order valence-electron chi connectivity index (χ1n) is 4.59. The molecule has 0 spiro atoms. The van der Waals surface area contributed by atoms with E-state index in [1.807, 2.05) is 0 Å². The summed E-state index contributed by atoms with van der Waals surface area (Å²) in [7, 11) is 0. The molecule has 12 heavy (non-hydrogen) atoms. The fraction of sp³-hybridized carbons (Fsp3) is 0.889. The number of carbonyl (C=O) groups is 1. The molecule has 1 unspecified atom stereocenters. The van der Waals surface area contributed by atoms with Crippen LogP contribution >= 0.6 is 0 Å². The lowest BCUT2D eigenvalue weighted by atomic mass is 10.1. The van der Waals surface area contributed by atoms with Gasteiger partial charge in [-0.3, -0.25) is 9.69 Å². The normalized spacial score (nSPS) is 25.1. The molecule has 0 aromatic carbocycles. The van der Waals surface area contributed by atoms with Gasteiger partial charge in [0.1, 0.15) is 0 Å². The highest BCUT2D eigenvalue weighted by molar-refractivity contribution is 5.67. The van der Waals surface area contributed by atoms with Gasteiger partial charge in [-0.15, -0.1) is 0 Å². The summed E-state index contributed by atoms with van der Waals surface area (Å²) >= 11 is 0. The summed E-state index contributed by atoms with van der Waals surface area (Å²) in [5.74, 6) is -0.674. The number of carboxylic acids is 1. The Morgan fingerprint density at radius 2 is 2.33 bits per heavy atom. The van der Waals surface area contributed by atoms with Crippen molar-refractivity contribution >= 4 is 5.97 Å².